The molecule has 66 heavy (non-hydrogen) atoms. The van der Waals surface area contributed by atoms with Gasteiger partial charge in [-0.05, 0) is 126 Å². The van der Waals surface area contributed by atoms with Crippen LogP contribution >= 0.6 is 0 Å². The van der Waals surface area contributed by atoms with Crippen molar-refractivity contribution < 1.29 is 4.42 Å². The maximum atomic E-state index is 7.05. The predicted octanol–water partition coefficient (Wildman–Crippen LogP) is 16.6. The smallest absolute Gasteiger partial charge is 0.143 e. The van der Waals surface area contributed by atoms with E-state index in [1.54, 1.807) is 0 Å². The summed E-state index contributed by atoms with van der Waals surface area (Å²) in [5, 5.41) is 8.78. The van der Waals surface area contributed by atoms with Gasteiger partial charge >= 0.3 is 0 Å². The number of rotatable bonds is 4. The van der Waals surface area contributed by atoms with Crippen LogP contribution in [0.1, 0.15) is 51.4 Å². The molecule has 2 aromatic heterocycles. The molecule has 11 aromatic rings. The highest BCUT2D eigenvalue weighted by Crippen LogP contribution is 2.55. The summed E-state index contributed by atoms with van der Waals surface area (Å²) in [5.41, 5.74) is 22.6. The first-order valence-electron chi connectivity index (χ1n) is 23.4. The molecule has 15 rings (SSSR count). The zero-order valence-electron chi connectivity index (χ0n) is 36.1. The molecule has 0 radical (unpaired) electrons. The van der Waals surface area contributed by atoms with Crippen molar-refractivity contribution in [1.29, 1.82) is 0 Å². The number of furan rings is 1. The molecule has 0 spiro atoms. The Labute approximate surface area is 382 Å². The van der Waals surface area contributed by atoms with E-state index in [2.05, 4.69) is 217 Å². The maximum Gasteiger partial charge on any atom is 0.143 e. The predicted molar refractivity (Wildman–Crippen MR) is 274 cm³/mol. The van der Waals surface area contributed by atoms with E-state index in [4.69, 9.17) is 4.42 Å². The highest BCUT2D eigenvalue weighted by Gasteiger charge is 2.37. The molecule has 4 aliphatic rings. The highest BCUT2D eigenvalue weighted by atomic mass is 16.3. The van der Waals surface area contributed by atoms with Gasteiger partial charge in [-0.2, -0.15) is 0 Å². The van der Waals surface area contributed by atoms with Crippen molar-refractivity contribution in [2.45, 2.75) is 18.8 Å². The van der Waals surface area contributed by atoms with Crippen molar-refractivity contribution in [2.24, 2.45) is 5.92 Å². The summed E-state index contributed by atoms with van der Waals surface area (Å²) in [6.45, 7) is 0. The van der Waals surface area contributed by atoms with Gasteiger partial charge in [0, 0.05) is 50.5 Å². The molecule has 2 nitrogen and oxygen atoms in total. The molecular formula is C64H41NO. The molecule has 2 heterocycles. The number of hydrogen-bond donors (Lipinski definition) is 0. The van der Waals surface area contributed by atoms with Crippen molar-refractivity contribution in [3.63, 3.8) is 0 Å². The fourth-order valence-corrected chi connectivity index (χ4v) is 12.7. The minimum atomic E-state index is 0.205. The second-order valence-corrected chi connectivity index (χ2v) is 18.4. The summed E-state index contributed by atoms with van der Waals surface area (Å²) >= 11 is 0. The zero-order valence-corrected chi connectivity index (χ0v) is 36.1. The molecule has 9 aromatic carbocycles. The van der Waals surface area contributed by atoms with E-state index in [0.29, 0.717) is 0 Å². The first-order chi connectivity index (χ1) is 32.8. The molecule has 0 N–H and O–H groups in total. The Morgan fingerprint density at radius 2 is 1.23 bits per heavy atom. The highest BCUT2D eigenvalue weighted by molar-refractivity contribution is 6.29. The van der Waals surface area contributed by atoms with Crippen molar-refractivity contribution in [3.05, 3.63) is 257 Å². The average Bonchev–Trinajstić information content (AvgIpc) is 3.89. The minimum Gasteiger partial charge on any atom is -0.455 e. The molecule has 0 fully saturated rings. The number of allylic oxidation sites excluding steroid dienone is 6. The van der Waals surface area contributed by atoms with Crippen LogP contribution in [0.15, 0.2) is 222 Å². The first-order valence-corrected chi connectivity index (χ1v) is 23.4. The average molecular weight is 840 g/mol. The molecule has 0 bridgehead atoms. The van der Waals surface area contributed by atoms with Crippen LogP contribution in [0.2, 0.25) is 0 Å². The lowest BCUT2D eigenvalue weighted by molar-refractivity contribution is 0.647. The lowest BCUT2D eigenvalue weighted by Gasteiger charge is -2.36. The molecule has 0 aliphatic heterocycles. The van der Waals surface area contributed by atoms with Gasteiger partial charge in [-0.3, -0.25) is 0 Å². The summed E-state index contributed by atoms with van der Waals surface area (Å²) in [6, 6.07) is 67.7. The third kappa shape index (κ3) is 4.85. The first kappa shape index (κ1) is 36.2. The third-order valence-corrected chi connectivity index (χ3v) is 15.2. The number of fused-ring (bicyclic) bond motifs is 9. The fourth-order valence-electron chi connectivity index (χ4n) is 12.7. The van der Waals surface area contributed by atoms with Gasteiger partial charge in [-0.15, -0.1) is 0 Å². The van der Waals surface area contributed by atoms with Crippen LogP contribution in [0.4, 0.5) is 0 Å². The van der Waals surface area contributed by atoms with E-state index in [1.165, 1.54) is 111 Å². The largest absolute Gasteiger partial charge is 0.455 e. The number of aromatic nitrogens is 1. The minimum absolute atomic E-state index is 0.205. The second kappa shape index (κ2) is 13.7. The maximum absolute atomic E-state index is 7.05. The topological polar surface area (TPSA) is 18.1 Å². The monoisotopic (exact) mass is 839 g/mol. The van der Waals surface area contributed by atoms with Crippen LogP contribution in [-0.4, -0.2) is 4.57 Å². The zero-order chi connectivity index (χ0) is 43.0. The van der Waals surface area contributed by atoms with Crippen molar-refractivity contribution >= 4 is 65.5 Å². The Hall–Kier alpha value is -8.20. The van der Waals surface area contributed by atoms with Gasteiger partial charge in [0.1, 0.15) is 11.2 Å². The Morgan fingerprint density at radius 1 is 0.515 bits per heavy atom. The van der Waals surface area contributed by atoms with Crippen molar-refractivity contribution in [3.8, 4) is 27.9 Å². The van der Waals surface area contributed by atoms with E-state index in [1.807, 2.05) is 0 Å². The standard InChI is InChI=1S/C64H41NO/c1-3-17-38(18-4-1)57-41-21-7-10-24-44(41)59(45-25-11-8-22-42(45)57)52-32-14-29-49-53-37-39(35-36-56(53)66-64(49)52)58-43-23-9-12-26-46(43)61-51-31-16-34-55-63(51)62-48(47-27-13-30-50(58)60(47)61)28-15-33-54(62)65(55)40-19-5-2-6-20-40/h1-14,16-32,34-37,41,57H,15,33H2. The van der Waals surface area contributed by atoms with E-state index in [-0.39, 0.29) is 11.8 Å². The Kier molecular flexibility index (Phi) is 7.48. The third-order valence-electron chi connectivity index (χ3n) is 15.2. The van der Waals surface area contributed by atoms with E-state index >= 15 is 0 Å². The van der Waals surface area contributed by atoms with Crippen molar-refractivity contribution in [2.75, 3.05) is 0 Å². The van der Waals surface area contributed by atoms with Crippen molar-refractivity contribution in [1.82, 2.24) is 4.57 Å². The summed E-state index contributed by atoms with van der Waals surface area (Å²) < 4.78 is 9.58. The van der Waals surface area contributed by atoms with E-state index in [9.17, 15) is 0 Å². The van der Waals surface area contributed by atoms with Gasteiger partial charge in [0.2, 0.25) is 0 Å². The van der Waals surface area contributed by atoms with Crippen LogP contribution in [-0.2, 0) is 6.42 Å². The van der Waals surface area contributed by atoms with E-state index in [0.717, 1.165) is 40.3 Å². The van der Waals surface area contributed by atoms with E-state index < -0.39 is 0 Å². The van der Waals surface area contributed by atoms with Crippen LogP contribution in [0.5, 0.6) is 0 Å². The Bertz CT molecular complexity index is 4040. The van der Waals surface area contributed by atoms with Crippen LogP contribution < -0.4 is 0 Å². The lowest BCUT2D eigenvalue weighted by atomic mass is 9.66. The second-order valence-electron chi connectivity index (χ2n) is 18.4. The Morgan fingerprint density at radius 3 is 2.11 bits per heavy atom. The van der Waals surface area contributed by atoms with Gasteiger partial charge < -0.3 is 8.98 Å². The molecule has 4 aliphatic carbocycles. The summed E-state index contributed by atoms with van der Waals surface area (Å²) in [4.78, 5) is 0. The number of hydrogen-bond acceptors (Lipinski definition) is 1. The molecule has 308 valence electrons. The van der Waals surface area contributed by atoms with Crippen LogP contribution in [0.25, 0.3) is 93.5 Å². The van der Waals surface area contributed by atoms with Crippen LogP contribution in [0, 0.1) is 5.92 Å². The lowest BCUT2D eigenvalue weighted by Crippen LogP contribution is -2.22. The van der Waals surface area contributed by atoms with Gasteiger partial charge in [0.25, 0.3) is 0 Å². The number of nitrogens with zero attached hydrogens (tertiary/aromatic N) is 1. The van der Waals surface area contributed by atoms with Gasteiger partial charge in [-0.25, -0.2) is 0 Å². The normalized spacial score (nSPS) is 16.9. The summed E-state index contributed by atoms with van der Waals surface area (Å²) in [5.74, 6) is 0.430. The quantitative estimate of drug-likeness (QED) is 0.162. The Balaban J connectivity index is 0.966. The molecule has 0 saturated carbocycles. The van der Waals surface area contributed by atoms with Gasteiger partial charge in [0.15, 0.2) is 0 Å². The van der Waals surface area contributed by atoms with Crippen LogP contribution in [0.3, 0.4) is 0 Å². The molecule has 2 atom stereocenters. The number of para-hydroxylation sites is 2. The molecule has 0 amide bonds. The fraction of sp³-hybridized carbons (Fsp3) is 0.0625. The molecular weight excluding hydrogens is 799 g/mol. The van der Waals surface area contributed by atoms with Gasteiger partial charge in [-0.1, -0.05) is 182 Å². The summed E-state index contributed by atoms with van der Waals surface area (Å²) in [6.07, 6.45) is 13.7. The number of benzene rings is 9. The summed E-state index contributed by atoms with van der Waals surface area (Å²) in [7, 11) is 0. The van der Waals surface area contributed by atoms with Gasteiger partial charge in [0.05, 0.1) is 5.52 Å². The SMILES string of the molecule is C1=CC2=C(c3cccc4c3oc3ccc(-c5c6ccccc6c6c7c(cccc57)C5=CCCc7c5c5c-6cccc5n7-c5ccccc5)cc34)c3ccccc3C(c3ccccc3)C2C=C1. The molecule has 2 unspecified atom stereocenters. The molecule has 0 saturated heterocycles. The molecule has 2 heteroatoms.